The summed E-state index contributed by atoms with van der Waals surface area (Å²) in [5.41, 5.74) is 52.4. The standard InChI is InChI=1S/5C21H14.2C20H14/c1-3-7-16-12-20-18(9-14(16)5-1)11-19-10-15-6-2-4-8-17(15)13-21(19)20;1-3-7-16-14(5-1)9-11-18-19-12-10-15-6-2-4-8-17(15)21(19)13-20(16)18;1-3-7-17-14(5-1)11-12-19-20(17)13-16-10-9-15-6-2-4-8-18(15)21(16)19;2*1-2-7-16-12-20-17(11-15(16)6-1)13-21-18-8-4-3-5-14(18)9-10-19(20)21;1-3-7-17-13(5-1)9-15-11-16-10-14-6-2-4-8-18(14)20(16)12-19(15)17;1-3-7-15-13(5-1)11-19-17(15)9-10-18-16-8-4-2-6-14(16)12-20(18)19/h1-10,12-13H,11H2;4*1-12H,13H2;1-8,11-12H,9-10H2;1-10H,11-12H2. The summed E-state index contributed by atoms with van der Waals surface area (Å²) in [7, 11) is 0. The molecule has 9 aliphatic rings. The zero-order chi connectivity index (χ0) is 95.3. The molecule has 0 amide bonds. The summed E-state index contributed by atoms with van der Waals surface area (Å²) in [6, 6.07) is 178. The summed E-state index contributed by atoms with van der Waals surface area (Å²) >= 11 is 0. The van der Waals surface area contributed by atoms with Crippen LogP contribution in [0.4, 0.5) is 0 Å². The second-order valence-electron chi connectivity index (χ2n) is 40.8. The molecule has 0 spiro atoms. The van der Waals surface area contributed by atoms with Crippen LogP contribution in [-0.2, 0) is 57.8 Å². The van der Waals surface area contributed by atoms with Gasteiger partial charge in [-0.1, -0.05) is 455 Å². The van der Waals surface area contributed by atoms with Gasteiger partial charge in [0.2, 0.25) is 0 Å². The molecule has 0 atom stereocenters. The highest BCUT2D eigenvalue weighted by Crippen LogP contribution is 2.53. The first-order valence-electron chi connectivity index (χ1n) is 51.6. The van der Waals surface area contributed by atoms with Gasteiger partial charge >= 0.3 is 0 Å². The Morgan fingerprint density at radius 3 is 0.648 bits per heavy atom. The molecular formula is C145H98. The van der Waals surface area contributed by atoms with E-state index in [1.165, 1.54) is 297 Å². The van der Waals surface area contributed by atoms with E-state index >= 15 is 0 Å². The third-order valence-corrected chi connectivity index (χ3v) is 32.9. The molecule has 0 saturated carbocycles. The largest absolute Gasteiger partial charge is 0.0619 e. The first-order chi connectivity index (χ1) is 71.8. The van der Waals surface area contributed by atoms with Crippen LogP contribution >= 0.6 is 0 Å². The minimum absolute atomic E-state index is 1.05. The molecule has 145 heavy (non-hydrogen) atoms. The van der Waals surface area contributed by atoms with Crippen LogP contribution in [0.3, 0.4) is 0 Å². The Labute approximate surface area is 844 Å². The molecule has 0 nitrogen and oxygen atoms in total. The van der Waals surface area contributed by atoms with E-state index in [1.54, 1.807) is 11.1 Å². The average Bonchev–Trinajstić information content (AvgIpc) is 1.58. The fraction of sp³-hybridized carbons (Fsp3) is 0.0621. The van der Waals surface area contributed by atoms with Crippen LogP contribution in [0, 0.1) is 0 Å². The Morgan fingerprint density at radius 2 is 0.290 bits per heavy atom. The van der Waals surface area contributed by atoms with E-state index in [1.807, 2.05) is 0 Å². The second kappa shape index (κ2) is 34.6. The lowest BCUT2D eigenvalue weighted by Crippen LogP contribution is -1.90. The Bertz CT molecular complexity index is 9370. The smallest absolute Gasteiger partial charge is 0.000112 e. The summed E-state index contributed by atoms with van der Waals surface area (Å²) < 4.78 is 0. The Hall–Kier alpha value is -17.7. The molecule has 0 saturated heterocycles. The molecule has 0 bridgehead atoms. The van der Waals surface area contributed by atoms with Crippen molar-refractivity contribution in [2.24, 2.45) is 0 Å². The summed E-state index contributed by atoms with van der Waals surface area (Å²) in [6.07, 6.45) is 9.65. The number of hydrogen-bond donors (Lipinski definition) is 0. The van der Waals surface area contributed by atoms with Crippen molar-refractivity contribution in [1.82, 2.24) is 0 Å². The second-order valence-corrected chi connectivity index (χ2v) is 40.8. The van der Waals surface area contributed by atoms with E-state index in [0.29, 0.717) is 0 Å². The fourth-order valence-corrected chi connectivity index (χ4v) is 26.0. The number of fused-ring (bicyclic) bond motifs is 44. The first-order valence-corrected chi connectivity index (χ1v) is 51.6. The SMILES string of the molecule is c1ccc2c(c1)Cc1c-2ccc2c1Cc1ccccc1-2.c1ccc2c(c1)Cc1cc3c(cc1-2)-c1ccccc1C3.c1ccc2c3c(ccc2c1)-c1c(ccc2ccccc12)C3.c1ccc2c3c(ccc2c1)-c1ccc2ccccc2c1C3.c1ccc2cc3c(cc2c1)Cc1c-3ccc2ccccc12.c1ccc2cc3c(cc2c1)Cc1c-3ccc2ccccc12.c1ccc2cc3c(cc2c1)Cc1cc2ccccc2cc1-3. The van der Waals surface area contributed by atoms with Crippen LogP contribution in [0.2, 0.25) is 0 Å². The monoisotopic (exact) mass is 1840 g/mol. The Morgan fingerprint density at radius 1 is 0.0897 bits per heavy atom. The summed E-state index contributed by atoms with van der Waals surface area (Å²) in [5, 5.41) is 27.1. The maximum absolute atomic E-state index is 2.44. The van der Waals surface area contributed by atoms with Crippen LogP contribution in [0.25, 0.3) is 208 Å². The average molecular weight is 1840 g/mol. The van der Waals surface area contributed by atoms with E-state index in [-0.39, 0.29) is 0 Å². The lowest BCUT2D eigenvalue weighted by Gasteiger charge is -2.07. The predicted octanol–water partition coefficient (Wildman–Crippen LogP) is 37.5. The van der Waals surface area contributed by atoms with Crippen molar-refractivity contribution in [3.8, 4) is 100 Å². The van der Waals surface area contributed by atoms with Crippen molar-refractivity contribution in [3.05, 3.63) is 585 Å². The van der Waals surface area contributed by atoms with Gasteiger partial charge in [0.15, 0.2) is 0 Å². The Kier molecular flexibility index (Phi) is 20.1. The molecule has 9 aliphatic carbocycles. The van der Waals surface area contributed by atoms with Gasteiger partial charge in [-0.05, 0) is 396 Å². The fourth-order valence-electron chi connectivity index (χ4n) is 26.0. The third-order valence-electron chi connectivity index (χ3n) is 32.9. The zero-order valence-electron chi connectivity index (χ0n) is 80.6. The minimum Gasteiger partial charge on any atom is -0.0619 e. The first kappa shape index (κ1) is 84.2. The maximum atomic E-state index is 2.44. The van der Waals surface area contributed by atoms with E-state index in [0.717, 1.165) is 57.8 Å². The quantitative estimate of drug-likeness (QED) is 0.142. The molecule has 0 heterocycles. The van der Waals surface area contributed by atoms with Gasteiger partial charge < -0.3 is 0 Å². The molecule has 0 fully saturated rings. The highest BCUT2D eigenvalue weighted by atomic mass is 14.4. The normalized spacial score (nSPS) is 12.9. The van der Waals surface area contributed by atoms with Crippen molar-refractivity contribution in [1.29, 1.82) is 0 Å². The van der Waals surface area contributed by atoms with Crippen molar-refractivity contribution in [2.75, 3.05) is 0 Å². The highest BCUT2D eigenvalue weighted by Gasteiger charge is 2.32. The maximum Gasteiger partial charge on any atom is -0.000112 e. The lowest BCUT2D eigenvalue weighted by molar-refractivity contribution is 1.16. The lowest BCUT2D eigenvalue weighted by atomic mass is 9.96. The molecule has 0 aliphatic heterocycles. The van der Waals surface area contributed by atoms with Crippen molar-refractivity contribution in [3.63, 3.8) is 0 Å². The Balaban J connectivity index is 0.0000000803. The number of hydrogen-bond acceptors (Lipinski definition) is 0. The van der Waals surface area contributed by atoms with Crippen LogP contribution in [0.1, 0.15) is 100 Å². The third kappa shape index (κ3) is 14.5. The number of rotatable bonds is 0. The topological polar surface area (TPSA) is 0 Å². The van der Waals surface area contributed by atoms with Gasteiger partial charge in [0, 0.05) is 0 Å². The van der Waals surface area contributed by atoms with E-state index in [4.69, 9.17) is 0 Å². The van der Waals surface area contributed by atoms with E-state index in [2.05, 4.69) is 485 Å². The van der Waals surface area contributed by atoms with Crippen molar-refractivity contribution < 1.29 is 0 Å². The van der Waals surface area contributed by atoms with Gasteiger partial charge in [-0.3, -0.25) is 0 Å². The zero-order valence-corrected chi connectivity index (χ0v) is 80.6. The van der Waals surface area contributed by atoms with E-state index in [9.17, 15) is 0 Å². The van der Waals surface area contributed by atoms with Crippen LogP contribution in [-0.4, -0.2) is 0 Å². The molecule has 0 unspecified atom stereocenters. The molecule has 0 N–H and O–H groups in total. The number of benzene rings is 26. The van der Waals surface area contributed by atoms with Gasteiger partial charge in [-0.25, -0.2) is 0 Å². The van der Waals surface area contributed by atoms with Crippen LogP contribution < -0.4 is 0 Å². The van der Waals surface area contributed by atoms with Crippen LogP contribution in [0.5, 0.6) is 0 Å². The van der Waals surface area contributed by atoms with Gasteiger partial charge in [0.05, 0.1) is 0 Å². The molecule has 0 heteroatoms. The summed E-state index contributed by atoms with van der Waals surface area (Å²) in [5.74, 6) is 0. The molecule has 0 aromatic heterocycles. The van der Waals surface area contributed by atoms with Crippen molar-refractivity contribution >= 4 is 108 Å². The van der Waals surface area contributed by atoms with Gasteiger partial charge in [0.1, 0.15) is 0 Å². The van der Waals surface area contributed by atoms with Gasteiger partial charge in [0.25, 0.3) is 0 Å². The van der Waals surface area contributed by atoms with Gasteiger partial charge in [-0.15, -0.1) is 0 Å². The van der Waals surface area contributed by atoms with Crippen LogP contribution in [0.15, 0.2) is 485 Å². The molecule has 678 valence electrons. The molecule has 26 aromatic carbocycles. The molecule has 0 radical (unpaired) electrons. The molecule has 35 rings (SSSR count). The molecular weight excluding hydrogens is 1740 g/mol. The summed E-state index contributed by atoms with van der Waals surface area (Å²) in [6.45, 7) is 0. The van der Waals surface area contributed by atoms with E-state index < -0.39 is 0 Å². The van der Waals surface area contributed by atoms with Gasteiger partial charge in [-0.2, -0.15) is 0 Å². The highest BCUT2D eigenvalue weighted by molar-refractivity contribution is 6.08. The summed E-state index contributed by atoms with van der Waals surface area (Å²) in [4.78, 5) is 0. The minimum atomic E-state index is 1.05. The molecule has 26 aromatic rings. The predicted molar refractivity (Wildman–Crippen MR) is 614 cm³/mol. The van der Waals surface area contributed by atoms with Crippen molar-refractivity contribution in [2.45, 2.75) is 57.8 Å².